The van der Waals surface area contributed by atoms with Gasteiger partial charge in [-0.05, 0) is 29.3 Å². The van der Waals surface area contributed by atoms with Gasteiger partial charge >= 0.3 is 0 Å². The zero-order valence-electron chi connectivity index (χ0n) is 12.1. The Morgan fingerprint density at radius 1 is 1.05 bits per heavy atom. The number of methoxy groups -OCH3 is 2. The van der Waals surface area contributed by atoms with Gasteiger partial charge in [-0.25, -0.2) is 0 Å². The second-order valence-electron chi connectivity index (χ2n) is 4.98. The molecule has 2 aromatic carbocycles. The van der Waals surface area contributed by atoms with Gasteiger partial charge in [-0.2, -0.15) is 0 Å². The van der Waals surface area contributed by atoms with Crippen LogP contribution in [0.1, 0.15) is 22.6 Å². The summed E-state index contributed by atoms with van der Waals surface area (Å²) in [6.07, 6.45) is -0.863. The predicted octanol–water partition coefficient (Wildman–Crippen LogP) is 2.68. The zero-order chi connectivity index (χ0) is 14.8. The largest absolute Gasteiger partial charge is 0.497 e. The molecule has 4 nitrogen and oxygen atoms in total. The van der Waals surface area contributed by atoms with Crippen LogP contribution in [0.15, 0.2) is 42.5 Å². The number of hydrogen-bond acceptors (Lipinski definition) is 4. The quantitative estimate of drug-likeness (QED) is 0.942. The van der Waals surface area contributed by atoms with E-state index in [1.807, 2.05) is 42.5 Å². The van der Waals surface area contributed by atoms with Crippen LogP contribution in [0, 0.1) is 0 Å². The molecule has 1 aliphatic heterocycles. The van der Waals surface area contributed by atoms with Crippen LogP contribution in [0.4, 0.5) is 0 Å². The van der Waals surface area contributed by atoms with E-state index >= 15 is 0 Å². The third-order valence-electron chi connectivity index (χ3n) is 3.88. The van der Waals surface area contributed by atoms with Gasteiger partial charge in [-0.15, -0.1) is 0 Å². The molecule has 0 amide bonds. The normalized spacial score (nSPS) is 20.7. The fraction of sp³-hybridized carbons (Fsp3) is 0.294. The van der Waals surface area contributed by atoms with Crippen LogP contribution >= 0.6 is 0 Å². The maximum Gasteiger partial charge on any atom is 0.165 e. The standard InChI is InChI=1S/C17H18O4/c1-19-12-8-6-11(7-9-12)16-13-4-3-5-15(20-2)14(13)10-21-17(16)18/h3-9,16-18H,10H2,1-2H3/t16-,17-/m0/s1. The number of ether oxygens (including phenoxy) is 3. The number of rotatable bonds is 3. The lowest BCUT2D eigenvalue weighted by molar-refractivity contribution is -0.126. The van der Waals surface area contributed by atoms with E-state index in [1.165, 1.54) is 0 Å². The highest BCUT2D eigenvalue weighted by Crippen LogP contribution is 2.39. The molecule has 2 atom stereocenters. The van der Waals surface area contributed by atoms with E-state index in [0.29, 0.717) is 6.61 Å². The number of aliphatic hydroxyl groups excluding tert-OH is 1. The van der Waals surface area contributed by atoms with Crippen LogP contribution in [-0.4, -0.2) is 25.6 Å². The highest BCUT2D eigenvalue weighted by Gasteiger charge is 2.31. The van der Waals surface area contributed by atoms with Gasteiger partial charge in [0.25, 0.3) is 0 Å². The minimum atomic E-state index is -0.863. The minimum Gasteiger partial charge on any atom is -0.497 e. The lowest BCUT2D eigenvalue weighted by Gasteiger charge is -2.31. The smallest absolute Gasteiger partial charge is 0.165 e. The maximum atomic E-state index is 10.3. The van der Waals surface area contributed by atoms with Gasteiger partial charge in [-0.1, -0.05) is 24.3 Å². The molecular weight excluding hydrogens is 268 g/mol. The van der Waals surface area contributed by atoms with Crippen LogP contribution in [0.3, 0.4) is 0 Å². The first-order valence-corrected chi connectivity index (χ1v) is 6.84. The third kappa shape index (κ3) is 2.48. The number of benzene rings is 2. The molecule has 1 heterocycles. The first-order valence-electron chi connectivity index (χ1n) is 6.84. The summed E-state index contributed by atoms with van der Waals surface area (Å²) in [7, 11) is 3.27. The van der Waals surface area contributed by atoms with Gasteiger partial charge in [0.2, 0.25) is 0 Å². The molecule has 0 saturated heterocycles. The molecule has 3 rings (SSSR count). The molecule has 0 saturated carbocycles. The van der Waals surface area contributed by atoms with Gasteiger partial charge in [0.05, 0.1) is 26.7 Å². The van der Waals surface area contributed by atoms with Gasteiger partial charge in [0, 0.05) is 5.56 Å². The highest BCUT2D eigenvalue weighted by molar-refractivity contribution is 5.47. The molecule has 2 aromatic rings. The van der Waals surface area contributed by atoms with E-state index in [1.54, 1.807) is 14.2 Å². The Labute approximate surface area is 123 Å². The topological polar surface area (TPSA) is 47.9 Å². The van der Waals surface area contributed by atoms with Crippen molar-refractivity contribution in [2.24, 2.45) is 0 Å². The molecule has 4 heteroatoms. The summed E-state index contributed by atoms with van der Waals surface area (Å²) in [5.41, 5.74) is 3.02. The van der Waals surface area contributed by atoms with E-state index in [4.69, 9.17) is 14.2 Å². The van der Waals surface area contributed by atoms with E-state index in [-0.39, 0.29) is 5.92 Å². The first kappa shape index (κ1) is 13.9. The Morgan fingerprint density at radius 2 is 1.81 bits per heavy atom. The first-order chi connectivity index (χ1) is 10.2. The minimum absolute atomic E-state index is 0.227. The fourth-order valence-electron chi connectivity index (χ4n) is 2.79. The van der Waals surface area contributed by atoms with Gasteiger partial charge in [0.15, 0.2) is 6.29 Å². The van der Waals surface area contributed by atoms with Gasteiger partial charge in [-0.3, -0.25) is 0 Å². The van der Waals surface area contributed by atoms with Crippen molar-refractivity contribution in [3.8, 4) is 11.5 Å². The average molecular weight is 286 g/mol. The molecule has 0 bridgehead atoms. The van der Waals surface area contributed by atoms with Gasteiger partial charge in [0.1, 0.15) is 11.5 Å². The Hall–Kier alpha value is -2.04. The van der Waals surface area contributed by atoms with Crippen LogP contribution in [0.5, 0.6) is 11.5 Å². The van der Waals surface area contributed by atoms with Crippen molar-refractivity contribution >= 4 is 0 Å². The van der Waals surface area contributed by atoms with E-state index in [0.717, 1.165) is 28.2 Å². The Balaban J connectivity index is 2.06. The summed E-state index contributed by atoms with van der Waals surface area (Å²) in [6, 6.07) is 13.5. The molecule has 0 aliphatic carbocycles. The lowest BCUT2D eigenvalue weighted by atomic mass is 9.85. The molecule has 0 fully saturated rings. The molecule has 110 valence electrons. The third-order valence-corrected chi connectivity index (χ3v) is 3.88. The summed E-state index contributed by atoms with van der Waals surface area (Å²) in [4.78, 5) is 0. The SMILES string of the molecule is COc1ccc([C@H]2c3cccc(OC)c3CO[C@@H]2O)cc1. The maximum absolute atomic E-state index is 10.3. The van der Waals surface area contributed by atoms with Crippen LogP contribution in [0.25, 0.3) is 0 Å². The van der Waals surface area contributed by atoms with Crippen molar-refractivity contribution in [1.29, 1.82) is 0 Å². The fourth-order valence-corrected chi connectivity index (χ4v) is 2.79. The Kier molecular flexibility index (Phi) is 3.82. The van der Waals surface area contributed by atoms with Crippen molar-refractivity contribution in [3.05, 3.63) is 59.2 Å². The van der Waals surface area contributed by atoms with Crippen LogP contribution in [-0.2, 0) is 11.3 Å². The Bertz CT molecular complexity index is 621. The zero-order valence-corrected chi connectivity index (χ0v) is 12.1. The van der Waals surface area contributed by atoms with Gasteiger partial charge < -0.3 is 19.3 Å². The summed E-state index contributed by atoms with van der Waals surface area (Å²) in [5, 5.41) is 10.3. The van der Waals surface area contributed by atoms with Crippen molar-refractivity contribution < 1.29 is 19.3 Å². The molecule has 0 unspecified atom stereocenters. The summed E-state index contributed by atoms with van der Waals surface area (Å²) in [5.74, 6) is 1.35. The predicted molar refractivity (Wildman–Crippen MR) is 78.6 cm³/mol. The van der Waals surface area contributed by atoms with Crippen LogP contribution < -0.4 is 9.47 Å². The van der Waals surface area contributed by atoms with Crippen molar-refractivity contribution in [1.82, 2.24) is 0 Å². The van der Waals surface area contributed by atoms with E-state index in [2.05, 4.69) is 0 Å². The Morgan fingerprint density at radius 3 is 2.48 bits per heavy atom. The molecule has 1 N–H and O–H groups in total. The van der Waals surface area contributed by atoms with Crippen molar-refractivity contribution in [2.75, 3.05) is 14.2 Å². The summed E-state index contributed by atoms with van der Waals surface area (Å²) < 4.78 is 16.1. The van der Waals surface area contributed by atoms with E-state index < -0.39 is 6.29 Å². The summed E-state index contributed by atoms with van der Waals surface area (Å²) >= 11 is 0. The highest BCUT2D eigenvalue weighted by atomic mass is 16.6. The summed E-state index contributed by atoms with van der Waals surface area (Å²) in [6.45, 7) is 0.354. The molecule has 21 heavy (non-hydrogen) atoms. The van der Waals surface area contributed by atoms with Crippen LogP contribution in [0.2, 0.25) is 0 Å². The van der Waals surface area contributed by atoms with E-state index in [9.17, 15) is 5.11 Å². The molecule has 1 aliphatic rings. The molecule has 0 aromatic heterocycles. The lowest BCUT2D eigenvalue weighted by Crippen LogP contribution is -2.28. The molecule has 0 spiro atoms. The second-order valence-corrected chi connectivity index (χ2v) is 4.98. The van der Waals surface area contributed by atoms with Crippen molar-refractivity contribution in [3.63, 3.8) is 0 Å². The van der Waals surface area contributed by atoms with Crippen molar-refractivity contribution in [2.45, 2.75) is 18.8 Å². The number of aliphatic hydroxyl groups is 1. The molecule has 0 radical (unpaired) electrons. The average Bonchev–Trinajstić information content (AvgIpc) is 2.54. The molecular formula is C17H18O4. The second kappa shape index (κ2) is 5.76. The number of fused-ring (bicyclic) bond motifs is 1. The monoisotopic (exact) mass is 286 g/mol. The number of hydrogen-bond donors (Lipinski definition) is 1.